The number of carbonyl (C=O) groups excluding carboxylic acids is 2. The molecule has 0 aromatic carbocycles. The third-order valence-electron chi connectivity index (χ3n) is 2.98. The molecule has 0 unspecified atom stereocenters. The Morgan fingerprint density at radius 3 is 1.88 bits per heavy atom. The molecule has 1 N–H and O–H groups in total. The van der Waals surface area contributed by atoms with E-state index in [4.69, 9.17) is 0 Å². The summed E-state index contributed by atoms with van der Waals surface area (Å²) in [6.45, 7) is 10.7. The van der Waals surface area contributed by atoms with Gasteiger partial charge in [0.1, 0.15) is 5.41 Å². The van der Waals surface area contributed by atoms with E-state index in [-0.39, 0.29) is 17.4 Å². The van der Waals surface area contributed by atoms with Gasteiger partial charge in [-0.1, -0.05) is 0 Å². The maximum Gasteiger partial charge on any atom is 0.237 e. The number of likely N-dealkylation sites (tertiary alicyclic amines) is 1. The third kappa shape index (κ3) is 3.45. The van der Waals surface area contributed by atoms with Crippen molar-refractivity contribution < 1.29 is 9.59 Å². The van der Waals surface area contributed by atoms with Crippen LogP contribution in [-0.2, 0) is 9.59 Å². The monoisotopic (exact) mass is 240 g/mol. The van der Waals surface area contributed by atoms with Crippen molar-refractivity contribution >= 4 is 11.8 Å². The van der Waals surface area contributed by atoms with Crippen molar-refractivity contribution in [3.63, 3.8) is 0 Å². The molecule has 0 bridgehead atoms. The summed E-state index contributed by atoms with van der Waals surface area (Å²) in [7, 11) is 0. The Bertz CT molecular complexity index is 310. The van der Waals surface area contributed by atoms with Gasteiger partial charge in [0.15, 0.2) is 0 Å². The van der Waals surface area contributed by atoms with Gasteiger partial charge in [0.05, 0.1) is 0 Å². The van der Waals surface area contributed by atoms with E-state index < -0.39 is 5.41 Å². The molecule has 0 aliphatic carbocycles. The highest BCUT2D eigenvalue weighted by Crippen LogP contribution is 2.23. The number of rotatable bonds is 2. The van der Waals surface area contributed by atoms with Crippen LogP contribution in [0.3, 0.4) is 0 Å². The quantitative estimate of drug-likeness (QED) is 0.744. The molecule has 1 aliphatic heterocycles. The summed E-state index contributed by atoms with van der Waals surface area (Å²) in [4.78, 5) is 26.2. The number of hydrogen-bond acceptors (Lipinski definition) is 2. The van der Waals surface area contributed by atoms with Crippen LogP contribution in [0, 0.1) is 5.41 Å². The zero-order valence-electron chi connectivity index (χ0n) is 11.6. The van der Waals surface area contributed by atoms with Crippen LogP contribution in [0.5, 0.6) is 0 Å². The van der Waals surface area contributed by atoms with Crippen LogP contribution in [-0.4, -0.2) is 35.3 Å². The molecule has 1 fully saturated rings. The molecule has 0 aromatic rings. The minimum atomic E-state index is -0.975. The maximum absolute atomic E-state index is 12.3. The van der Waals surface area contributed by atoms with Gasteiger partial charge in [-0.05, 0) is 47.5 Å². The molecule has 0 radical (unpaired) electrons. The highest BCUT2D eigenvalue weighted by atomic mass is 16.2. The van der Waals surface area contributed by atoms with Gasteiger partial charge in [-0.2, -0.15) is 0 Å². The van der Waals surface area contributed by atoms with Crippen LogP contribution in [0.25, 0.3) is 0 Å². The van der Waals surface area contributed by atoms with Crippen molar-refractivity contribution in [1.29, 1.82) is 0 Å². The van der Waals surface area contributed by atoms with Crippen molar-refractivity contribution in [1.82, 2.24) is 10.2 Å². The molecule has 1 heterocycles. The molecule has 4 nitrogen and oxygen atoms in total. The number of carbonyl (C=O) groups is 2. The molecule has 17 heavy (non-hydrogen) atoms. The average Bonchev–Trinajstić information content (AvgIpc) is 2.66. The van der Waals surface area contributed by atoms with E-state index in [1.807, 2.05) is 20.8 Å². The highest BCUT2D eigenvalue weighted by molar-refractivity contribution is 6.04. The fourth-order valence-corrected chi connectivity index (χ4v) is 1.91. The SMILES string of the molecule is CC(C)(C)NC(=O)C(C)(C)C(=O)N1CCCC1. The first kappa shape index (κ1) is 14.0. The summed E-state index contributed by atoms with van der Waals surface area (Å²) in [5.74, 6) is -0.251. The van der Waals surface area contributed by atoms with Gasteiger partial charge in [-0.25, -0.2) is 0 Å². The van der Waals surface area contributed by atoms with Gasteiger partial charge in [-0.15, -0.1) is 0 Å². The zero-order chi connectivity index (χ0) is 13.3. The summed E-state index contributed by atoms with van der Waals surface area (Å²) in [5, 5.41) is 2.88. The summed E-state index contributed by atoms with van der Waals surface area (Å²) >= 11 is 0. The van der Waals surface area contributed by atoms with E-state index >= 15 is 0 Å². The van der Waals surface area contributed by atoms with Crippen LogP contribution in [0.1, 0.15) is 47.5 Å². The number of hydrogen-bond donors (Lipinski definition) is 1. The first-order valence-corrected chi connectivity index (χ1v) is 6.26. The Kier molecular flexibility index (Phi) is 3.84. The Morgan fingerprint density at radius 2 is 1.47 bits per heavy atom. The van der Waals surface area contributed by atoms with Gasteiger partial charge >= 0.3 is 0 Å². The molecule has 0 spiro atoms. The van der Waals surface area contributed by atoms with Crippen LogP contribution in [0.4, 0.5) is 0 Å². The predicted molar refractivity (Wildman–Crippen MR) is 67.5 cm³/mol. The van der Waals surface area contributed by atoms with E-state index in [0.717, 1.165) is 25.9 Å². The molecule has 0 atom stereocenters. The summed E-state index contributed by atoms with van der Waals surface area (Å²) < 4.78 is 0. The van der Waals surface area contributed by atoms with Crippen molar-refractivity contribution in [3.8, 4) is 0 Å². The van der Waals surface area contributed by atoms with Crippen molar-refractivity contribution in [2.75, 3.05) is 13.1 Å². The first-order chi connectivity index (χ1) is 7.64. The molecule has 1 rings (SSSR count). The van der Waals surface area contributed by atoms with E-state index in [9.17, 15) is 9.59 Å². The Balaban J connectivity index is 2.72. The smallest absolute Gasteiger partial charge is 0.237 e. The molecule has 0 saturated carbocycles. The minimum Gasteiger partial charge on any atom is -0.351 e. The fourth-order valence-electron chi connectivity index (χ4n) is 1.91. The normalized spacial score (nSPS) is 17.1. The average molecular weight is 240 g/mol. The molecular formula is C13H24N2O2. The highest BCUT2D eigenvalue weighted by Gasteiger charge is 2.40. The molecule has 98 valence electrons. The Hall–Kier alpha value is -1.06. The standard InChI is InChI=1S/C13H24N2O2/c1-12(2,3)14-10(16)13(4,5)11(17)15-8-6-7-9-15/h6-9H2,1-5H3,(H,14,16). The van der Waals surface area contributed by atoms with E-state index in [0.29, 0.717) is 0 Å². The second kappa shape index (κ2) is 4.67. The molecule has 4 heteroatoms. The van der Waals surface area contributed by atoms with Crippen molar-refractivity contribution in [2.45, 2.75) is 53.0 Å². The summed E-state index contributed by atoms with van der Waals surface area (Å²) in [6.07, 6.45) is 2.09. The second-order valence-corrected chi connectivity index (χ2v) is 6.33. The third-order valence-corrected chi connectivity index (χ3v) is 2.98. The topological polar surface area (TPSA) is 49.4 Å². The number of nitrogens with one attached hydrogen (secondary N) is 1. The second-order valence-electron chi connectivity index (χ2n) is 6.33. The lowest BCUT2D eigenvalue weighted by molar-refractivity contribution is -0.148. The van der Waals surface area contributed by atoms with E-state index in [1.165, 1.54) is 0 Å². The molecule has 1 aliphatic rings. The number of amides is 2. The first-order valence-electron chi connectivity index (χ1n) is 6.26. The largest absolute Gasteiger partial charge is 0.351 e. The van der Waals surface area contributed by atoms with Crippen molar-refractivity contribution in [3.05, 3.63) is 0 Å². The fraction of sp³-hybridized carbons (Fsp3) is 0.846. The molecule has 1 saturated heterocycles. The lowest BCUT2D eigenvalue weighted by Gasteiger charge is -2.31. The van der Waals surface area contributed by atoms with Gasteiger partial charge in [0.25, 0.3) is 0 Å². The van der Waals surface area contributed by atoms with Gasteiger partial charge in [0.2, 0.25) is 11.8 Å². The lowest BCUT2D eigenvalue weighted by atomic mass is 9.89. The van der Waals surface area contributed by atoms with Crippen molar-refractivity contribution in [2.24, 2.45) is 5.41 Å². The summed E-state index contributed by atoms with van der Waals surface area (Å²) in [5.41, 5.74) is -1.28. The van der Waals surface area contributed by atoms with Crippen LogP contribution >= 0.6 is 0 Å². The molecule has 0 aromatic heterocycles. The summed E-state index contributed by atoms with van der Waals surface area (Å²) in [6, 6.07) is 0. The number of nitrogens with zero attached hydrogens (tertiary/aromatic N) is 1. The van der Waals surface area contributed by atoms with Crippen LogP contribution in [0.2, 0.25) is 0 Å². The Labute approximate surface area is 104 Å². The zero-order valence-corrected chi connectivity index (χ0v) is 11.6. The lowest BCUT2D eigenvalue weighted by Crippen LogP contribution is -2.53. The van der Waals surface area contributed by atoms with Crippen LogP contribution < -0.4 is 5.32 Å². The van der Waals surface area contributed by atoms with Gasteiger partial charge < -0.3 is 10.2 Å². The molecular weight excluding hydrogens is 216 g/mol. The Morgan fingerprint density at radius 1 is 1.00 bits per heavy atom. The van der Waals surface area contributed by atoms with Gasteiger partial charge in [-0.3, -0.25) is 9.59 Å². The molecule has 2 amide bonds. The van der Waals surface area contributed by atoms with Gasteiger partial charge in [0, 0.05) is 18.6 Å². The maximum atomic E-state index is 12.3. The predicted octanol–water partition coefficient (Wildman–Crippen LogP) is 1.55. The minimum absolute atomic E-state index is 0.0586. The van der Waals surface area contributed by atoms with E-state index in [2.05, 4.69) is 5.32 Å². The van der Waals surface area contributed by atoms with Crippen LogP contribution in [0.15, 0.2) is 0 Å². The van der Waals surface area contributed by atoms with E-state index in [1.54, 1.807) is 18.7 Å².